The van der Waals surface area contributed by atoms with Gasteiger partial charge in [0.25, 0.3) is 0 Å². The minimum atomic E-state index is -0.521. The number of rotatable bonds is 3. The Labute approximate surface area is 87.7 Å². The molecule has 14 heavy (non-hydrogen) atoms. The first-order chi connectivity index (χ1) is 6.38. The zero-order chi connectivity index (χ0) is 10.8. The summed E-state index contributed by atoms with van der Waals surface area (Å²) >= 11 is 0. The first-order valence-corrected chi connectivity index (χ1v) is 5.53. The van der Waals surface area contributed by atoms with Gasteiger partial charge in [0.2, 0.25) is 0 Å². The van der Waals surface area contributed by atoms with Crippen molar-refractivity contribution in [2.45, 2.75) is 38.8 Å². The minimum Gasteiger partial charge on any atom is -0.390 e. The largest absolute Gasteiger partial charge is 0.390 e. The van der Waals surface area contributed by atoms with E-state index in [0.717, 1.165) is 32.6 Å². The monoisotopic (exact) mass is 200 g/mol. The Morgan fingerprint density at radius 1 is 1.36 bits per heavy atom. The smallest absolute Gasteiger partial charge is 0.0603 e. The van der Waals surface area contributed by atoms with Crippen molar-refractivity contribution in [1.29, 1.82) is 0 Å². The van der Waals surface area contributed by atoms with Crippen LogP contribution in [0.5, 0.6) is 0 Å². The van der Waals surface area contributed by atoms with Crippen LogP contribution in [0, 0.1) is 0 Å². The normalized spacial score (nSPS) is 26.8. The van der Waals surface area contributed by atoms with E-state index in [-0.39, 0.29) is 0 Å². The summed E-state index contributed by atoms with van der Waals surface area (Å²) in [5.41, 5.74) is -0.521. The number of hydrogen-bond acceptors (Lipinski definition) is 3. The molecule has 0 aromatic heterocycles. The van der Waals surface area contributed by atoms with Gasteiger partial charge in [0.15, 0.2) is 0 Å². The molecule has 1 saturated heterocycles. The molecule has 0 aromatic rings. The Kier molecular flexibility index (Phi) is 3.93. The number of hydrogen-bond donors (Lipinski definition) is 1. The Morgan fingerprint density at radius 3 is 2.50 bits per heavy atom. The maximum atomic E-state index is 9.63. The Balaban J connectivity index is 2.27. The molecule has 1 aliphatic heterocycles. The fourth-order valence-electron chi connectivity index (χ4n) is 1.76. The van der Waals surface area contributed by atoms with Gasteiger partial charge in [0, 0.05) is 32.2 Å². The molecule has 3 nitrogen and oxygen atoms in total. The van der Waals surface area contributed by atoms with Crippen molar-refractivity contribution in [2.24, 2.45) is 0 Å². The zero-order valence-electron chi connectivity index (χ0n) is 9.95. The van der Waals surface area contributed by atoms with Gasteiger partial charge in [-0.3, -0.25) is 0 Å². The van der Waals surface area contributed by atoms with Gasteiger partial charge < -0.3 is 14.9 Å². The second-order valence-electron chi connectivity index (χ2n) is 5.19. The lowest BCUT2D eigenvalue weighted by molar-refractivity contribution is 0.0412. The number of likely N-dealkylation sites (N-methyl/N-ethyl adjacent to an activating group) is 1. The third-order valence-corrected chi connectivity index (χ3v) is 3.08. The van der Waals surface area contributed by atoms with E-state index in [9.17, 15) is 5.11 Å². The van der Waals surface area contributed by atoms with Crippen LogP contribution in [0.3, 0.4) is 0 Å². The van der Waals surface area contributed by atoms with E-state index in [1.165, 1.54) is 0 Å². The van der Waals surface area contributed by atoms with E-state index in [0.29, 0.717) is 6.04 Å². The first kappa shape index (κ1) is 12.0. The van der Waals surface area contributed by atoms with Crippen LogP contribution in [-0.2, 0) is 0 Å². The van der Waals surface area contributed by atoms with Gasteiger partial charge >= 0.3 is 0 Å². The number of nitrogens with zero attached hydrogens (tertiary/aromatic N) is 2. The van der Waals surface area contributed by atoms with Gasteiger partial charge in [-0.25, -0.2) is 0 Å². The highest BCUT2D eigenvalue weighted by Gasteiger charge is 2.22. The average molecular weight is 200 g/mol. The van der Waals surface area contributed by atoms with Crippen molar-refractivity contribution < 1.29 is 5.11 Å². The summed E-state index contributed by atoms with van der Waals surface area (Å²) in [6.45, 7) is 10.5. The molecule has 0 aromatic carbocycles. The minimum absolute atomic E-state index is 0.521. The molecule has 1 rings (SSSR count). The van der Waals surface area contributed by atoms with Crippen LogP contribution in [-0.4, -0.2) is 59.8 Å². The molecule has 1 heterocycles. The summed E-state index contributed by atoms with van der Waals surface area (Å²) < 4.78 is 0. The van der Waals surface area contributed by atoms with Crippen molar-refractivity contribution in [3.8, 4) is 0 Å². The van der Waals surface area contributed by atoms with Gasteiger partial charge in [-0.1, -0.05) is 0 Å². The lowest BCUT2D eigenvalue weighted by Crippen LogP contribution is -2.50. The zero-order valence-corrected chi connectivity index (χ0v) is 9.95. The molecule has 84 valence electrons. The molecule has 1 aliphatic rings. The first-order valence-electron chi connectivity index (χ1n) is 5.53. The summed E-state index contributed by atoms with van der Waals surface area (Å²) in [6.07, 6.45) is 0.865. The van der Waals surface area contributed by atoms with Gasteiger partial charge in [-0.2, -0.15) is 0 Å². The molecule has 0 amide bonds. The Bertz CT molecular complexity index is 177. The Morgan fingerprint density at radius 2 is 2.00 bits per heavy atom. The number of piperazine rings is 1. The fourth-order valence-corrected chi connectivity index (χ4v) is 1.76. The number of aliphatic hydroxyl groups is 1. The van der Waals surface area contributed by atoms with Gasteiger partial charge in [-0.15, -0.1) is 0 Å². The van der Waals surface area contributed by atoms with Gasteiger partial charge in [0.1, 0.15) is 0 Å². The molecule has 0 radical (unpaired) electrons. The van der Waals surface area contributed by atoms with Crippen LogP contribution in [0.15, 0.2) is 0 Å². The molecular formula is C11H24N2O. The van der Waals surface area contributed by atoms with Crippen molar-refractivity contribution in [1.82, 2.24) is 9.80 Å². The van der Waals surface area contributed by atoms with Crippen LogP contribution in [0.4, 0.5) is 0 Å². The fraction of sp³-hybridized carbons (Fsp3) is 1.00. The molecule has 0 spiro atoms. The van der Waals surface area contributed by atoms with Crippen molar-refractivity contribution in [3.05, 3.63) is 0 Å². The molecule has 1 fully saturated rings. The van der Waals surface area contributed by atoms with E-state index in [1.54, 1.807) is 0 Å². The molecule has 0 saturated carbocycles. The summed E-state index contributed by atoms with van der Waals surface area (Å²) in [5, 5.41) is 9.63. The van der Waals surface area contributed by atoms with Crippen LogP contribution >= 0.6 is 0 Å². The van der Waals surface area contributed by atoms with Crippen LogP contribution < -0.4 is 0 Å². The van der Waals surface area contributed by atoms with Gasteiger partial charge in [-0.05, 0) is 34.2 Å². The SMILES string of the molecule is CC1CN(CCC(C)(C)O)CCN1C. The second kappa shape index (κ2) is 4.60. The van der Waals surface area contributed by atoms with Crippen molar-refractivity contribution in [2.75, 3.05) is 33.2 Å². The third kappa shape index (κ3) is 3.95. The van der Waals surface area contributed by atoms with Crippen LogP contribution in [0.1, 0.15) is 27.2 Å². The molecule has 0 aliphatic carbocycles. The topological polar surface area (TPSA) is 26.7 Å². The van der Waals surface area contributed by atoms with Crippen LogP contribution in [0.25, 0.3) is 0 Å². The molecule has 1 atom stereocenters. The van der Waals surface area contributed by atoms with E-state index in [4.69, 9.17) is 0 Å². The highest BCUT2D eigenvalue weighted by atomic mass is 16.3. The second-order valence-corrected chi connectivity index (χ2v) is 5.19. The lowest BCUT2D eigenvalue weighted by atomic mass is 10.0. The predicted molar refractivity (Wildman–Crippen MR) is 59.4 cm³/mol. The molecule has 1 N–H and O–H groups in total. The molecule has 0 bridgehead atoms. The van der Waals surface area contributed by atoms with E-state index >= 15 is 0 Å². The highest BCUT2D eigenvalue weighted by molar-refractivity contribution is 4.78. The summed E-state index contributed by atoms with van der Waals surface area (Å²) in [7, 11) is 2.18. The summed E-state index contributed by atoms with van der Waals surface area (Å²) in [4.78, 5) is 4.84. The Hall–Kier alpha value is -0.120. The van der Waals surface area contributed by atoms with E-state index in [1.807, 2.05) is 13.8 Å². The molecular weight excluding hydrogens is 176 g/mol. The average Bonchev–Trinajstić information content (AvgIpc) is 2.06. The lowest BCUT2D eigenvalue weighted by Gasteiger charge is -2.38. The van der Waals surface area contributed by atoms with E-state index in [2.05, 4.69) is 23.8 Å². The van der Waals surface area contributed by atoms with Crippen molar-refractivity contribution >= 4 is 0 Å². The van der Waals surface area contributed by atoms with Crippen molar-refractivity contribution in [3.63, 3.8) is 0 Å². The maximum Gasteiger partial charge on any atom is 0.0603 e. The standard InChI is InChI=1S/C11H24N2O/c1-10-9-13(8-7-12(10)4)6-5-11(2,3)14/h10,14H,5-9H2,1-4H3. The van der Waals surface area contributed by atoms with Crippen LogP contribution in [0.2, 0.25) is 0 Å². The highest BCUT2D eigenvalue weighted by Crippen LogP contribution is 2.12. The summed E-state index contributed by atoms with van der Waals surface area (Å²) in [5.74, 6) is 0. The van der Waals surface area contributed by atoms with Gasteiger partial charge in [0.05, 0.1) is 5.60 Å². The quantitative estimate of drug-likeness (QED) is 0.729. The summed E-state index contributed by atoms with van der Waals surface area (Å²) in [6, 6.07) is 0.644. The predicted octanol–water partition coefficient (Wildman–Crippen LogP) is 0.783. The molecule has 1 unspecified atom stereocenters. The van der Waals surface area contributed by atoms with E-state index < -0.39 is 5.60 Å². The maximum absolute atomic E-state index is 9.63. The molecule has 3 heteroatoms. The third-order valence-electron chi connectivity index (χ3n) is 3.08.